The zero-order valence-corrected chi connectivity index (χ0v) is 12.6. The van der Waals surface area contributed by atoms with E-state index in [4.69, 9.17) is 4.74 Å². The molecule has 2 heterocycles. The summed E-state index contributed by atoms with van der Waals surface area (Å²) in [7, 11) is 0. The molecular weight excluding hydrogens is 282 g/mol. The number of hydrogen-bond acceptors (Lipinski definition) is 5. The lowest BCUT2D eigenvalue weighted by atomic mass is 10.1. The number of carbonyl (C=O) groups excluding carboxylic acids is 1. The summed E-state index contributed by atoms with van der Waals surface area (Å²) in [6.45, 7) is 4.93. The molecule has 3 N–H and O–H groups in total. The van der Waals surface area contributed by atoms with Gasteiger partial charge in [0.05, 0.1) is 25.4 Å². The Kier molecular flexibility index (Phi) is 5.04. The number of aliphatic hydroxyl groups excluding tert-OH is 1. The molecule has 0 aliphatic carbocycles. The number of ether oxygens (including phenoxy) is 1. The number of aliphatic hydroxyl groups is 1. The molecule has 2 atom stereocenters. The third-order valence-corrected chi connectivity index (χ3v) is 4.16. The van der Waals surface area contributed by atoms with Crippen LogP contribution in [0.25, 0.3) is 0 Å². The SMILES string of the molecule is O=C(Nc1ccc(CN2CCOCC2)cc1)C1CC(O)CN1. The minimum absolute atomic E-state index is 0.0857. The molecule has 1 aromatic carbocycles. The van der Waals surface area contributed by atoms with Gasteiger partial charge in [0.25, 0.3) is 0 Å². The molecule has 1 amide bonds. The normalized spacial score (nSPS) is 26.0. The van der Waals surface area contributed by atoms with E-state index >= 15 is 0 Å². The molecule has 3 rings (SSSR count). The zero-order valence-electron chi connectivity index (χ0n) is 12.6. The van der Waals surface area contributed by atoms with Crippen LogP contribution < -0.4 is 10.6 Å². The van der Waals surface area contributed by atoms with Crippen molar-refractivity contribution < 1.29 is 14.6 Å². The Labute approximate surface area is 130 Å². The standard InChI is InChI=1S/C16H23N3O3/c20-14-9-15(17-10-14)16(21)18-13-3-1-12(2-4-13)11-19-5-7-22-8-6-19/h1-4,14-15,17,20H,5-11H2,(H,18,21). The number of nitrogens with zero attached hydrogens (tertiary/aromatic N) is 1. The lowest BCUT2D eigenvalue weighted by molar-refractivity contribution is -0.117. The highest BCUT2D eigenvalue weighted by Crippen LogP contribution is 2.14. The number of benzene rings is 1. The maximum Gasteiger partial charge on any atom is 0.241 e. The van der Waals surface area contributed by atoms with Crippen LogP contribution in [0.2, 0.25) is 0 Å². The van der Waals surface area contributed by atoms with Crippen molar-refractivity contribution in [2.75, 3.05) is 38.2 Å². The van der Waals surface area contributed by atoms with Crippen molar-refractivity contribution in [2.24, 2.45) is 0 Å². The van der Waals surface area contributed by atoms with Crippen molar-refractivity contribution in [3.05, 3.63) is 29.8 Å². The number of hydrogen-bond donors (Lipinski definition) is 3. The predicted molar refractivity (Wildman–Crippen MR) is 83.6 cm³/mol. The number of carbonyl (C=O) groups is 1. The van der Waals surface area contributed by atoms with Gasteiger partial charge in [-0.05, 0) is 24.1 Å². The van der Waals surface area contributed by atoms with Gasteiger partial charge >= 0.3 is 0 Å². The summed E-state index contributed by atoms with van der Waals surface area (Å²) in [5, 5.41) is 15.4. The van der Waals surface area contributed by atoms with Gasteiger partial charge in [-0.1, -0.05) is 12.1 Å². The third-order valence-electron chi connectivity index (χ3n) is 4.16. The van der Waals surface area contributed by atoms with E-state index in [1.165, 1.54) is 5.56 Å². The molecule has 2 aliphatic heterocycles. The number of anilines is 1. The molecule has 2 saturated heterocycles. The number of amides is 1. The molecule has 0 bridgehead atoms. The van der Waals surface area contributed by atoms with Gasteiger partial charge in [-0.25, -0.2) is 0 Å². The molecule has 22 heavy (non-hydrogen) atoms. The van der Waals surface area contributed by atoms with Crippen molar-refractivity contribution >= 4 is 11.6 Å². The highest BCUT2D eigenvalue weighted by Gasteiger charge is 2.27. The molecule has 2 unspecified atom stereocenters. The molecule has 2 aliphatic rings. The van der Waals surface area contributed by atoms with Crippen LogP contribution in [0, 0.1) is 0 Å². The van der Waals surface area contributed by atoms with Crippen molar-refractivity contribution in [1.82, 2.24) is 10.2 Å². The van der Waals surface area contributed by atoms with Crippen LogP contribution in [-0.4, -0.2) is 60.9 Å². The summed E-state index contributed by atoms with van der Waals surface area (Å²) in [5.74, 6) is -0.0857. The first-order valence-corrected chi connectivity index (χ1v) is 7.82. The van der Waals surface area contributed by atoms with Crippen molar-refractivity contribution in [3.8, 4) is 0 Å². The molecule has 2 fully saturated rings. The second-order valence-electron chi connectivity index (χ2n) is 5.93. The molecule has 1 aromatic rings. The highest BCUT2D eigenvalue weighted by atomic mass is 16.5. The van der Waals surface area contributed by atoms with Gasteiger partial charge in [-0.15, -0.1) is 0 Å². The largest absolute Gasteiger partial charge is 0.392 e. The highest BCUT2D eigenvalue weighted by molar-refractivity contribution is 5.95. The fraction of sp³-hybridized carbons (Fsp3) is 0.562. The molecule has 0 spiro atoms. The van der Waals surface area contributed by atoms with Crippen molar-refractivity contribution in [1.29, 1.82) is 0 Å². The Morgan fingerprint density at radius 2 is 2.05 bits per heavy atom. The summed E-state index contributed by atoms with van der Waals surface area (Å²) in [4.78, 5) is 14.4. The van der Waals surface area contributed by atoms with E-state index in [2.05, 4.69) is 15.5 Å². The van der Waals surface area contributed by atoms with Gasteiger partial charge in [0, 0.05) is 31.9 Å². The maximum atomic E-state index is 12.1. The molecule has 120 valence electrons. The van der Waals surface area contributed by atoms with Gasteiger partial charge in [0.15, 0.2) is 0 Å². The fourth-order valence-corrected chi connectivity index (χ4v) is 2.86. The Balaban J connectivity index is 1.51. The van der Waals surface area contributed by atoms with Crippen molar-refractivity contribution in [3.63, 3.8) is 0 Å². The molecule has 6 nitrogen and oxygen atoms in total. The Morgan fingerprint density at radius 3 is 2.68 bits per heavy atom. The zero-order chi connectivity index (χ0) is 15.4. The first-order valence-electron chi connectivity index (χ1n) is 7.82. The average Bonchev–Trinajstić information content (AvgIpc) is 2.97. The van der Waals surface area contributed by atoms with Gasteiger partial charge in [-0.2, -0.15) is 0 Å². The van der Waals surface area contributed by atoms with Crippen molar-refractivity contribution in [2.45, 2.75) is 25.1 Å². The van der Waals surface area contributed by atoms with E-state index in [0.29, 0.717) is 13.0 Å². The summed E-state index contributed by atoms with van der Waals surface area (Å²) in [6, 6.07) is 7.64. The molecular formula is C16H23N3O3. The number of β-amino-alcohol motifs (C(OH)–C–C–N with tert-alkyl or cyclic N) is 1. The van der Waals surface area contributed by atoms with Crippen LogP contribution in [0.5, 0.6) is 0 Å². The van der Waals surface area contributed by atoms with E-state index in [1.807, 2.05) is 24.3 Å². The fourth-order valence-electron chi connectivity index (χ4n) is 2.86. The van der Waals surface area contributed by atoms with Crippen LogP contribution >= 0.6 is 0 Å². The Hall–Kier alpha value is -1.47. The number of rotatable bonds is 4. The van der Waals surface area contributed by atoms with Gasteiger partial charge < -0.3 is 20.5 Å². The predicted octanol–water partition coefficient (Wildman–Crippen LogP) is 0.180. The van der Waals surface area contributed by atoms with Gasteiger partial charge in [0.2, 0.25) is 5.91 Å². The first kappa shape index (κ1) is 15.4. The van der Waals surface area contributed by atoms with E-state index < -0.39 is 6.10 Å². The Morgan fingerprint density at radius 1 is 1.32 bits per heavy atom. The van der Waals surface area contributed by atoms with E-state index in [1.54, 1.807) is 0 Å². The van der Waals surface area contributed by atoms with E-state index in [0.717, 1.165) is 38.5 Å². The van der Waals surface area contributed by atoms with Gasteiger partial charge in [-0.3, -0.25) is 9.69 Å². The maximum absolute atomic E-state index is 12.1. The third kappa shape index (κ3) is 4.04. The van der Waals surface area contributed by atoms with Crippen LogP contribution in [0.1, 0.15) is 12.0 Å². The molecule has 0 saturated carbocycles. The average molecular weight is 305 g/mol. The monoisotopic (exact) mass is 305 g/mol. The molecule has 0 radical (unpaired) electrons. The van der Waals surface area contributed by atoms with Gasteiger partial charge in [0.1, 0.15) is 0 Å². The van der Waals surface area contributed by atoms with Crippen LogP contribution in [0.15, 0.2) is 24.3 Å². The quantitative estimate of drug-likeness (QED) is 0.740. The second kappa shape index (κ2) is 7.19. The van der Waals surface area contributed by atoms with E-state index in [-0.39, 0.29) is 11.9 Å². The summed E-state index contributed by atoms with van der Waals surface area (Å²) < 4.78 is 5.34. The minimum atomic E-state index is -0.424. The smallest absolute Gasteiger partial charge is 0.241 e. The lowest BCUT2D eigenvalue weighted by Crippen LogP contribution is -2.36. The summed E-state index contributed by atoms with van der Waals surface area (Å²) >= 11 is 0. The van der Waals surface area contributed by atoms with Crippen LogP contribution in [0.3, 0.4) is 0 Å². The van der Waals surface area contributed by atoms with E-state index in [9.17, 15) is 9.90 Å². The van der Waals surface area contributed by atoms with Crippen LogP contribution in [-0.2, 0) is 16.1 Å². The minimum Gasteiger partial charge on any atom is -0.392 e. The second-order valence-corrected chi connectivity index (χ2v) is 5.93. The number of nitrogens with one attached hydrogen (secondary N) is 2. The van der Waals surface area contributed by atoms with Crippen LogP contribution in [0.4, 0.5) is 5.69 Å². The first-order chi connectivity index (χ1) is 10.7. The summed E-state index contributed by atoms with van der Waals surface area (Å²) in [5.41, 5.74) is 2.02. The lowest BCUT2D eigenvalue weighted by Gasteiger charge is -2.26. The summed E-state index contributed by atoms with van der Waals surface area (Å²) in [6.07, 6.45) is 0.0488. The number of morpholine rings is 1. The molecule has 0 aromatic heterocycles. The topological polar surface area (TPSA) is 73.8 Å². The molecule has 6 heteroatoms. The Bertz CT molecular complexity index is 500.